The third-order valence-corrected chi connectivity index (χ3v) is 4.40. The minimum absolute atomic E-state index is 0.0279. The lowest BCUT2D eigenvalue weighted by Crippen LogP contribution is -2.49. The summed E-state index contributed by atoms with van der Waals surface area (Å²) in [6.45, 7) is 2.95. The Hall–Kier alpha value is -0.520. The van der Waals surface area contributed by atoms with Crippen LogP contribution in [0.1, 0.15) is 18.5 Å². The smallest absolute Gasteiger partial charge is 0.238 e. The number of hydrogen-bond donors (Lipinski definition) is 2. The molecule has 0 bridgehead atoms. The molecule has 0 aliphatic carbocycles. The van der Waals surface area contributed by atoms with Crippen LogP contribution in [0.5, 0.6) is 0 Å². The van der Waals surface area contributed by atoms with E-state index in [1.54, 1.807) is 11.3 Å². The molecule has 2 atom stereocenters. The highest BCUT2D eigenvalue weighted by Crippen LogP contribution is 2.16. The van der Waals surface area contributed by atoms with Gasteiger partial charge in [-0.1, -0.05) is 0 Å². The lowest BCUT2D eigenvalue weighted by molar-refractivity contribution is -0.123. The number of amides is 1. The molecule has 2 heterocycles. The van der Waals surface area contributed by atoms with Crippen LogP contribution >= 0.6 is 23.1 Å². The molecule has 1 aromatic heterocycles. The van der Waals surface area contributed by atoms with Crippen molar-refractivity contribution >= 4 is 29.0 Å². The number of thioether (sulfide) groups is 1. The lowest BCUT2D eigenvalue weighted by Gasteiger charge is -2.24. The van der Waals surface area contributed by atoms with E-state index in [0.717, 1.165) is 18.1 Å². The van der Waals surface area contributed by atoms with Gasteiger partial charge < -0.3 is 10.6 Å². The zero-order valence-corrected chi connectivity index (χ0v) is 10.9. The van der Waals surface area contributed by atoms with Crippen LogP contribution in [0.15, 0.2) is 16.8 Å². The van der Waals surface area contributed by atoms with Crippen molar-refractivity contribution in [1.82, 2.24) is 10.6 Å². The van der Waals surface area contributed by atoms with Crippen LogP contribution in [0.4, 0.5) is 0 Å². The van der Waals surface area contributed by atoms with Gasteiger partial charge in [-0.2, -0.15) is 23.1 Å². The SMILES string of the molecule is CC(NC(=O)C1CSCCN1)c1ccsc1. The van der Waals surface area contributed by atoms with E-state index in [1.165, 1.54) is 5.56 Å². The van der Waals surface area contributed by atoms with Crippen molar-refractivity contribution in [1.29, 1.82) is 0 Å². The van der Waals surface area contributed by atoms with Crippen LogP contribution in [0.25, 0.3) is 0 Å². The predicted octanol–water partition coefficient (Wildman–Crippen LogP) is 1.63. The van der Waals surface area contributed by atoms with Crippen molar-refractivity contribution in [3.63, 3.8) is 0 Å². The Morgan fingerprint density at radius 2 is 2.56 bits per heavy atom. The van der Waals surface area contributed by atoms with E-state index >= 15 is 0 Å². The number of carbonyl (C=O) groups excluding carboxylic acids is 1. The molecule has 2 rings (SSSR count). The summed E-state index contributed by atoms with van der Waals surface area (Å²) < 4.78 is 0. The molecule has 0 aromatic carbocycles. The van der Waals surface area contributed by atoms with Crippen LogP contribution in [0.2, 0.25) is 0 Å². The molecule has 1 saturated heterocycles. The van der Waals surface area contributed by atoms with E-state index in [0.29, 0.717) is 0 Å². The Labute approximate surface area is 104 Å². The van der Waals surface area contributed by atoms with Gasteiger partial charge in [0.25, 0.3) is 0 Å². The van der Waals surface area contributed by atoms with Gasteiger partial charge in [0.05, 0.1) is 12.1 Å². The molecule has 1 aliphatic rings. The van der Waals surface area contributed by atoms with E-state index in [1.807, 2.05) is 24.1 Å². The Kier molecular flexibility index (Phi) is 4.26. The molecular weight excluding hydrogens is 240 g/mol. The number of rotatable bonds is 3. The molecule has 1 aliphatic heterocycles. The first-order chi connectivity index (χ1) is 7.77. The van der Waals surface area contributed by atoms with Crippen molar-refractivity contribution in [3.8, 4) is 0 Å². The van der Waals surface area contributed by atoms with Gasteiger partial charge in [0, 0.05) is 18.1 Å². The molecule has 0 saturated carbocycles. The summed E-state index contributed by atoms with van der Waals surface area (Å²) in [4.78, 5) is 11.9. The highest BCUT2D eigenvalue weighted by atomic mass is 32.2. The monoisotopic (exact) mass is 256 g/mol. The Balaban J connectivity index is 1.86. The Bertz CT molecular complexity index is 334. The minimum Gasteiger partial charge on any atom is -0.348 e. The molecule has 16 heavy (non-hydrogen) atoms. The van der Waals surface area contributed by atoms with E-state index in [4.69, 9.17) is 0 Å². The van der Waals surface area contributed by atoms with E-state index in [9.17, 15) is 4.79 Å². The molecular formula is C11H16N2OS2. The molecule has 0 radical (unpaired) electrons. The summed E-state index contributed by atoms with van der Waals surface area (Å²) in [5.74, 6) is 2.09. The maximum absolute atomic E-state index is 11.9. The zero-order chi connectivity index (χ0) is 11.4. The Morgan fingerprint density at radius 3 is 3.19 bits per heavy atom. The average Bonchev–Trinajstić information content (AvgIpc) is 2.83. The maximum Gasteiger partial charge on any atom is 0.238 e. The summed E-state index contributed by atoms with van der Waals surface area (Å²) in [6, 6.07) is 2.13. The maximum atomic E-state index is 11.9. The lowest BCUT2D eigenvalue weighted by atomic mass is 10.1. The molecule has 0 spiro atoms. The summed E-state index contributed by atoms with van der Waals surface area (Å²) in [5.41, 5.74) is 1.18. The molecule has 2 unspecified atom stereocenters. The van der Waals surface area contributed by atoms with Gasteiger partial charge in [0.1, 0.15) is 0 Å². The van der Waals surface area contributed by atoms with Crippen LogP contribution in [0, 0.1) is 0 Å². The van der Waals surface area contributed by atoms with Gasteiger partial charge in [-0.05, 0) is 29.3 Å². The van der Waals surface area contributed by atoms with E-state index in [2.05, 4.69) is 22.1 Å². The van der Waals surface area contributed by atoms with E-state index < -0.39 is 0 Å². The highest BCUT2D eigenvalue weighted by Gasteiger charge is 2.22. The molecule has 1 fully saturated rings. The van der Waals surface area contributed by atoms with Crippen LogP contribution in [-0.2, 0) is 4.79 Å². The summed E-state index contributed by atoms with van der Waals surface area (Å²) in [7, 11) is 0. The van der Waals surface area contributed by atoms with Crippen molar-refractivity contribution in [3.05, 3.63) is 22.4 Å². The van der Waals surface area contributed by atoms with Crippen LogP contribution in [-0.4, -0.2) is 30.0 Å². The summed E-state index contributed by atoms with van der Waals surface area (Å²) >= 11 is 3.49. The molecule has 3 nitrogen and oxygen atoms in total. The first-order valence-electron chi connectivity index (χ1n) is 5.41. The predicted molar refractivity (Wildman–Crippen MR) is 70.0 cm³/mol. The van der Waals surface area contributed by atoms with Gasteiger partial charge in [-0.25, -0.2) is 0 Å². The molecule has 1 amide bonds. The summed E-state index contributed by atoms with van der Waals surface area (Å²) in [5, 5.41) is 10.4. The fourth-order valence-corrected chi connectivity index (χ4v) is 3.34. The van der Waals surface area contributed by atoms with Crippen LogP contribution < -0.4 is 10.6 Å². The molecule has 2 N–H and O–H groups in total. The van der Waals surface area contributed by atoms with Crippen molar-refractivity contribution in [2.24, 2.45) is 0 Å². The van der Waals surface area contributed by atoms with Crippen molar-refractivity contribution < 1.29 is 4.79 Å². The zero-order valence-electron chi connectivity index (χ0n) is 9.23. The first kappa shape index (κ1) is 12.0. The molecule has 1 aromatic rings. The fraction of sp³-hybridized carbons (Fsp3) is 0.545. The van der Waals surface area contributed by atoms with Gasteiger partial charge in [-0.15, -0.1) is 0 Å². The quantitative estimate of drug-likeness (QED) is 0.863. The Morgan fingerprint density at radius 1 is 1.69 bits per heavy atom. The van der Waals surface area contributed by atoms with Crippen molar-refractivity contribution in [2.75, 3.05) is 18.1 Å². The first-order valence-corrected chi connectivity index (χ1v) is 7.50. The number of nitrogens with one attached hydrogen (secondary N) is 2. The second kappa shape index (κ2) is 5.70. The topological polar surface area (TPSA) is 41.1 Å². The standard InChI is InChI=1S/C11H16N2OS2/c1-8(9-2-4-15-6-9)13-11(14)10-7-16-5-3-12-10/h2,4,6,8,10,12H,3,5,7H2,1H3,(H,13,14). The third-order valence-electron chi connectivity index (χ3n) is 2.64. The van der Waals surface area contributed by atoms with Crippen LogP contribution in [0.3, 0.4) is 0 Å². The minimum atomic E-state index is -0.0279. The second-order valence-electron chi connectivity index (χ2n) is 3.87. The van der Waals surface area contributed by atoms with Gasteiger partial charge in [0.2, 0.25) is 5.91 Å². The molecule has 88 valence electrons. The van der Waals surface area contributed by atoms with Gasteiger partial charge >= 0.3 is 0 Å². The van der Waals surface area contributed by atoms with Crippen molar-refractivity contribution in [2.45, 2.75) is 19.0 Å². The fourth-order valence-electron chi connectivity index (χ4n) is 1.65. The number of hydrogen-bond acceptors (Lipinski definition) is 4. The largest absolute Gasteiger partial charge is 0.348 e. The second-order valence-corrected chi connectivity index (χ2v) is 5.80. The summed E-state index contributed by atoms with van der Waals surface area (Å²) in [6.07, 6.45) is 0. The van der Waals surface area contributed by atoms with Gasteiger partial charge in [-0.3, -0.25) is 4.79 Å². The molecule has 5 heteroatoms. The third kappa shape index (κ3) is 2.99. The van der Waals surface area contributed by atoms with Gasteiger partial charge in [0.15, 0.2) is 0 Å². The highest BCUT2D eigenvalue weighted by molar-refractivity contribution is 7.99. The average molecular weight is 256 g/mol. The normalized spacial score (nSPS) is 22.7. The number of carbonyl (C=O) groups is 1. The number of thiophene rings is 1. The van der Waals surface area contributed by atoms with E-state index in [-0.39, 0.29) is 18.0 Å².